The first-order chi connectivity index (χ1) is 11.5. The number of amides is 2. The number of nitrogens with zero attached hydrogens (tertiary/aromatic N) is 2. The minimum atomic E-state index is -0.549. The van der Waals surface area contributed by atoms with Crippen molar-refractivity contribution in [1.29, 1.82) is 0 Å². The van der Waals surface area contributed by atoms with Crippen molar-refractivity contribution < 1.29 is 19.2 Å². The number of non-ortho nitro benzene ring substituents is 1. The molecule has 4 aliphatic rings. The number of imide groups is 1. The Kier molecular flexibility index (Phi) is 3.19. The predicted octanol–water partition coefficient (Wildman–Crippen LogP) is 2.30. The number of ether oxygens (including phenoxy) is 1. The van der Waals surface area contributed by atoms with Crippen LogP contribution in [0.25, 0.3) is 0 Å². The molecule has 0 N–H and O–H groups in total. The first-order valence-electron chi connectivity index (χ1n) is 7.91. The zero-order chi connectivity index (χ0) is 17.0. The number of anilines is 1. The Balaban J connectivity index is 1.80. The van der Waals surface area contributed by atoms with Gasteiger partial charge in [-0.2, -0.15) is 0 Å². The number of allylic oxidation sites excluding steroid dienone is 2. The molecule has 4 atom stereocenters. The third kappa shape index (κ3) is 1.90. The molecule has 0 aromatic heterocycles. The Morgan fingerprint density at radius 2 is 1.71 bits per heavy atom. The lowest BCUT2D eigenvalue weighted by Crippen LogP contribution is -2.38. The Morgan fingerprint density at radius 1 is 1.12 bits per heavy atom. The van der Waals surface area contributed by atoms with Gasteiger partial charge in [0, 0.05) is 12.1 Å². The molecule has 1 heterocycles. The largest absolute Gasteiger partial charge is 0.495 e. The highest BCUT2D eigenvalue weighted by molar-refractivity contribution is 6.23. The number of hydrogen-bond donors (Lipinski definition) is 0. The fourth-order valence-electron chi connectivity index (χ4n) is 4.28. The maximum atomic E-state index is 12.9. The van der Waals surface area contributed by atoms with Crippen molar-refractivity contribution in [3.8, 4) is 5.75 Å². The van der Waals surface area contributed by atoms with Gasteiger partial charge in [-0.15, -0.1) is 0 Å². The molecule has 1 saturated heterocycles. The number of carbonyl (C=O) groups excluding carboxylic acids is 2. The van der Waals surface area contributed by atoms with E-state index in [1.807, 2.05) is 12.2 Å². The van der Waals surface area contributed by atoms with Crippen LogP contribution in [0.15, 0.2) is 30.4 Å². The third-order valence-electron chi connectivity index (χ3n) is 5.37. The lowest BCUT2D eigenvalue weighted by molar-refractivity contribution is -0.384. The quantitative estimate of drug-likeness (QED) is 0.367. The topological polar surface area (TPSA) is 89.8 Å². The standard InChI is InChI=1S/C17H16N2O5/c1-24-13-7-6-11(19(22)23)8-12(13)18-16(20)14-9-2-3-10(5-4-9)15(14)17(18)21/h2-3,6-10,14-15H,4-5H2,1H3/t9-,10-,14-,15-/m1/s1. The summed E-state index contributed by atoms with van der Waals surface area (Å²) in [5, 5.41) is 11.1. The highest BCUT2D eigenvalue weighted by Crippen LogP contribution is 2.51. The number of carbonyl (C=O) groups is 2. The van der Waals surface area contributed by atoms with Crippen molar-refractivity contribution in [3.63, 3.8) is 0 Å². The summed E-state index contributed by atoms with van der Waals surface area (Å²) in [6, 6.07) is 3.95. The second-order valence-electron chi connectivity index (χ2n) is 6.47. The van der Waals surface area contributed by atoms with Crippen LogP contribution in [0, 0.1) is 33.8 Å². The summed E-state index contributed by atoms with van der Waals surface area (Å²) in [6.45, 7) is 0. The summed E-state index contributed by atoms with van der Waals surface area (Å²) in [4.78, 5) is 37.5. The van der Waals surface area contributed by atoms with Crippen LogP contribution in [-0.2, 0) is 9.59 Å². The summed E-state index contributed by atoms with van der Waals surface area (Å²) in [5.41, 5.74) is -0.0159. The zero-order valence-corrected chi connectivity index (χ0v) is 13.0. The van der Waals surface area contributed by atoms with Gasteiger partial charge in [-0.1, -0.05) is 12.2 Å². The van der Waals surface area contributed by atoms with Crippen LogP contribution in [0.3, 0.4) is 0 Å². The summed E-state index contributed by atoms with van der Waals surface area (Å²) in [5.74, 6) is -0.834. The van der Waals surface area contributed by atoms with E-state index in [0.717, 1.165) is 17.7 Å². The molecular weight excluding hydrogens is 312 g/mol. The van der Waals surface area contributed by atoms with Gasteiger partial charge >= 0.3 is 0 Å². The molecule has 2 bridgehead atoms. The number of hydrogen-bond acceptors (Lipinski definition) is 5. The van der Waals surface area contributed by atoms with Gasteiger partial charge in [0.05, 0.1) is 23.9 Å². The Bertz CT molecular complexity index is 755. The number of methoxy groups -OCH3 is 1. The minimum Gasteiger partial charge on any atom is -0.495 e. The summed E-state index contributed by atoms with van der Waals surface area (Å²) >= 11 is 0. The monoisotopic (exact) mass is 328 g/mol. The normalized spacial score (nSPS) is 30.6. The molecule has 1 saturated carbocycles. The van der Waals surface area contributed by atoms with E-state index in [-0.39, 0.29) is 52.6 Å². The second-order valence-corrected chi connectivity index (χ2v) is 6.47. The van der Waals surface area contributed by atoms with Crippen LogP contribution in [0.5, 0.6) is 5.75 Å². The highest BCUT2D eigenvalue weighted by Gasteiger charge is 2.57. The van der Waals surface area contributed by atoms with Crippen molar-refractivity contribution >= 4 is 23.2 Å². The first-order valence-corrected chi connectivity index (χ1v) is 7.91. The number of nitro groups is 1. The van der Waals surface area contributed by atoms with Crippen molar-refractivity contribution in [2.75, 3.05) is 12.0 Å². The summed E-state index contributed by atoms with van der Waals surface area (Å²) in [7, 11) is 1.41. The van der Waals surface area contributed by atoms with Crippen LogP contribution in [0.2, 0.25) is 0 Å². The van der Waals surface area contributed by atoms with Crippen LogP contribution < -0.4 is 9.64 Å². The molecule has 1 aromatic carbocycles. The molecule has 5 rings (SSSR count). The molecule has 3 aliphatic carbocycles. The van der Waals surface area contributed by atoms with Crippen molar-refractivity contribution in [2.45, 2.75) is 12.8 Å². The zero-order valence-electron chi connectivity index (χ0n) is 13.0. The van der Waals surface area contributed by atoms with Gasteiger partial charge in [-0.25, -0.2) is 4.90 Å². The minimum absolute atomic E-state index is 0.0751. The van der Waals surface area contributed by atoms with Gasteiger partial charge in [0.15, 0.2) is 0 Å². The van der Waals surface area contributed by atoms with Gasteiger partial charge in [-0.3, -0.25) is 19.7 Å². The van der Waals surface area contributed by atoms with E-state index in [2.05, 4.69) is 0 Å². The number of rotatable bonds is 3. The van der Waals surface area contributed by atoms with E-state index in [4.69, 9.17) is 4.74 Å². The lowest BCUT2D eigenvalue weighted by Gasteiger charge is -2.38. The van der Waals surface area contributed by atoms with Gasteiger partial charge in [0.25, 0.3) is 5.69 Å². The molecule has 7 heteroatoms. The van der Waals surface area contributed by atoms with E-state index in [1.54, 1.807) is 0 Å². The van der Waals surface area contributed by atoms with E-state index in [1.165, 1.54) is 25.3 Å². The molecular formula is C17H16N2O5. The molecule has 1 aromatic rings. The van der Waals surface area contributed by atoms with E-state index in [9.17, 15) is 19.7 Å². The third-order valence-corrected chi connectivity index (χ3v) is 5.37. The molecule has 0 spiro atoms. The molecule has 7 nitrogen and oxygen atoms in total. The summed E-state index contributed by atoms with van der Waals surface area (Å²) < 4.78 is 5.23. The molecule has 0 radical (unpaired) electrons. The lowest BCUT2D eigenvalue weighted by atomic mass is 9.63. The Morgan fingerprint density at radius 3 is 2.17 bits per heavy atom. The fraction of sp³-hybridized carbons (Fsp3) is 0.412. The average molecular weight is 328 g/mol. The van der Waals surface area contributed by atoms with Gasteiger partial charge in [0.1, 0.15) is 11.4 Å². The molecule has 2 amide bonds. The maximum Gasteiger partial charge on any atom is 0.271 e. The van der Waals surface area contributed by atoms with Gasteiger partial charge in [-0.05, 0) is 30.7 Å². The van der Waals surface area contributed by atoms with Gasteiger partial charge in [0.2, 0.25) is 11.8 Å². The Labute approximate surface area is 138 Å². The highest BCUT2D eigenvalue weighted by atomic mass is 16.6. The van der Waals surface area contributed by atoms with Gasteiger partial charge < -0.3 is 4.74 Å². The molecule has 0 unspecified atom stereocenters. The fourth-order valence-corrected chi connectivity index (χ4v) is 4.28. The van der Waals surface area contributed by atoms with Crippen LogP contribution in [0.4, 0.5) is 11.4 Å². The second kappa shape index (κ2) is 5.15. The van der Waals surface area contributed by atoms with E-state index >= 15 is 0 Å². The SMILES string of the molecule is COc1ccc([N+](=O)[O-])cc1N1C(=O)[C@H]2[C@H](C1=O)[C@@H]1C=C[C@@H]2CC1. The molecule has 24 heavy (non-hydrogen) atoms. The Hall–Kier alpha value is -2.70. The van der Waals surface area contributed by atoms with Crippen molar-refractivity contribution in [1.82, 2.24) is 0 Å². The van der Waals surface area contributed by atoms with E-state index in [0.29, 0.717) is 0 Å². The van der Waals surface area contributed by atoms with Crippen LogP contribution >= 0.6 is 0 Å². The molecule has 2 fully saturated rings. The average Bonchev–Trinajstić information content (AvgIpc) is 2.88. The first kappa shape index (κ1) is 14.9. The number of nitro benzene ring substituents is 1. The number of fused-ring (bicyclic) bond motifs is 1. The van der Waals surface area contributed by atoms with E-state index < -0.39 is 4.92 Å². The van der Waals surface area contributed by atoms with Crippen LogP contribution in [-0.4, -0.2) is 23.8 Å². The predicted molar refractivity (Wildman–Crippen MR) is 84.5 cm³/mol. The van der Waals surface area contributed by atoms with Crippen molar-refractivity contribution in [3.05, 3.63) is 40.5 Å². The van der Waals surface area contributed by atoms with Crippen molar-refractivity contribution in [2.24, 2.45) is 23.7 Å². The smallest absolute Gasteiger partial charge is 0.271 e. The number of benzene rings is 1. The van der Waals surface area contributed by atoms with Crippen LogP contribution in [0.1, 0.15) is 12.8 Å². The summed E-state index contributed by atoms with van der Waals surface area (Å²) in [6.07, 6.45) is 5.88. The molecule has 124 valence electrons. The maximum absolute atomic E-state index is 12.9. The molecule has 1 aliphatic heterocycles.